The first-order valence-electron chi connectivity index (χ1n) is 23.6. The van der Waals surface area contributed by atoms with Gasteiger partial charge in [0.15, 0.2) is 0 Å². The van der Waals surface area contributed by atoms with Gasteiger partial charge in [-0.15, -0.1) is 0 Å². The van der Waals surface area contributed by atoms with Crippen molar-refractivity contribution in [2.24, 2.45) is 0 Å². The monoisotopic (exact) mass is 863 g/mol. The first-order valence-corrected chi connectivity index (χ1v) is 23.6. The Kier molecular flexibility index (Phi) is 31.5. The molecule has 0 aliphatic carbocycles. The number of alkyl halides is 12. The molecule has 0 fully saturated rings. The van der Waals surface area contributed by atoms with Gasteiger partial charge in [-0.3, -0.25) is 0 Å². The van der Waals surface area contributed by atoms with E-state index >= 15 is 0 Å². The van der Waals surface area contributed by atoms with Gasteiger partial charge in [-0.2, -0.15) is 52.7 Å². The van der Waals surface area contributed by atoms with E-state index in [1.165, 1.54) is 116 Å². The summed E-state index contributed by atoms with van der Waals surface area (Å²) in [6, 6.07) is 0. The van der Waals surface area contributed by atoms with Crippen LogP contribution in [0, 0.1) is 0 Å². The molecule has 0 heterocycles. The summed E-state index contributed by atoms with van der Waals surface area (Å²) < 4.78 is 173. The smallest absolute Gasteiger partial charge is 0.200 e. The molecule has 350 valence electrons. The molecular formula is C46H82F12. The Bertz CT molecular complexity index is 864. The highest BCUT2D eigenvalue weighted by Crippen LogP contribution is 2.61. The molecule has 0 aliphatic rings. The van der Waals surface area contributed by atoms with Crippen LogP contribution in [0.1, 0.15) is 258 Å². The third kappa shape index (κ3) is 21.8. The van der Waals surface area contributed by atoms with Gasteiger partial charge in [-0.1, -0.05) is 232 Å². The van der Waals surface area contributed by atoms with Crippen molar-refractivity contribution < 1.29 is 52.7 Å². The Morgan fingerprint density at radius 2 is 0.328 bits per heavy atom. The standard InChI is InChI=1S/C46H82F12/c1-3-5-7-9-11-13-15-17-19-21-23-25-27-29-31-33-35-37-39-41(47,48)43(51,52)45(55,56)46(57,58)44(53,54)42(49,50)40-38-36-34-32-30-28-26-24-22-20-18-16-14-12-10-8-6-4-2/h3-40H2,1-2H3. The summed E-state index contributed by atoms with van der Waals surface area (Å²) in [4.78, 5) is 0. The minimum absolute atomic E-state index is 0.0975. The highest BCUT2D eigenvalue weighted by molar-refractivity contribution is 5.11. The molecule has 0 N–H and O–H groups in total. The zero-order valence-electron chi connectivity index (χ0n) is 36.4. The molecule has 0 nitrogen and oxygen atoms in total. The maximum atomic E-state index is 14.4. The molecule has 0 aromatic carbocycles. The van der Waals surface area contributed by atoms with E-state index in [1.54, 1.807) is 0 Å². The second-order valence-corrected chi connectivity index (χ2v) is 17.2. The Morgan fingerprint density at radius 3 is 0.483 bits per heavy atom. The zero-order valence-corrected chi connectivity index (χ0v) is 36.4. The highest BCUT2D eigenvalue weighted by Gasteiger charge is 2.89. The molecule has 0 aromatic rings. The second kappa shape index (κ2) is 31.9. The first kappa shape index (κ1) is 57.2. The fraction of sp³-hybridized carbons (Fsp3) is 1.00. The van der Waals surface area contributed by atoms with E-state index in [-0.39, 0.29) is 12.8 Å². The molecule has 0 unspecified atom stereocenters. The van der Waals surface area contributed by atoms with Crippen LogP contribution in [0.5, 0.6) is 0 Å². The number of unbranched alkanes of at least 4 members (excludes halogenated alkanes) is 34. The van der Waals surface area contributed by atoms with Crippen LogP contribution >= 0.6 is 0 Å². The van der Waals surface area contributed by atoms with Crippen LogP contribution in [-0.2, 0) is 0 Å². The largest absolute Gasteiger partial charge is 0.384 e. The van der Waals surface area contributed by atoms with E-state index in [2.05, 4.69) is 13.8 Å². The van der Waals surface area contributed by atoms with Crippen molar-refractivity contribution >= 4 is 0 Å². The van der Waals surface area contributed by atoms with Gasteiger partial charge in [0.25, 0.3) is 0 Å². The van der Waals surface area contributed by atoms with Gasteiger partial charge in [-0.05, 0) is 12.8 Å². The van der Waals surface area contributed by atoms with Gasteiger partial charge in [0.1, 0.15) is 0 Å². The number of hydrogen-bond acceptors (Lipinski definition) is 0. The van der Waals surface area contributed by atoms with Gasteiger partial charge >= 0.3 is 35.5 Å². The Labute approximate surface area is 345 Å². The molecule has 0 radical (unpaired) electrons. The molecule has 0 aliphatic heterocycles. The quantitative estimate of drug-likeness (QED) is 0.0423. The summed E-state index contributed by atoms with van der Waals surface area (Å²) >= 11 is 0. The van der Waals surface area contributed by atoms with Crippen molar-refractivity contribution in [2.75, 3.05) is 0 Å². The van der Waals surface area contributed by atoms with Crippen LogP contribution in [0.2, 0.25) is 0 Å². The van der Waals surface area contributed by atoms with Gasteiger partial charge < -0.3 is 0 Å². The van der Waals surface area contributed by atoms with Gasteiger partial charge in [0, 0.05) is 12.8 Å². The van der Waals surface area contributed by atoms with E-state index in [0.717, 1.165) is 64.2 Å². The topological polar surface area (TPSA) is 0 Å². The Morgan fingerprint density at radius 1 is 0.190 bits per heavy atom. The van der Waals surface area contributed by atoms with Crippen molar-refractivity contribution in [3.05, 3.63) is 0 Å². The maximum Gasteiger partial charge on any atom is 0.384 e. The summed E-state index contributed by atoms with van der Waals surface area (Å²) in [5.41, 5.74) is 0. The zero-order chi connectivity index (χ0) is 43.9. The highest BCUT2D eigenvalue weighted by atomic mass is 19.4. The number of halogens is 12. The molecule has 58 heavy (non-hydrogen) atoms. The lowest BCUT2D eigenvalue weighted by Crippen LogP contribution is -2.70. The van der Waals surface area contributed by atoms with E-state index in [0.29, 0.717) is 25.7 Å². The lowest BCUT2D eigenvalue weighted by Gasteiger charge is -2.41. The van der Waals surface area contributed by atoms with Crippen LogP contribution in [0.3, 0.4) is 0 Å². The predicted molar refractivity (Wildman–Crippen MR) is 216 cm³/mol. The SMILES string of the molecule is CCCCCCCCCCCCCCCCCCCCC(F)(F)C(F)(F)C(F)(F)C(F)(F)C(F)(F)C(F)(F)CCCCCCCCCCCCCCCCCCCC. The van der Waals surface area contributed by atoms with Gasteiger partial charge in [-0.25, -0.2) is 0 Å². The Hall–Kier alpha value is -0.840. The van der Waals surface area contributed by atoms with Crippen molar-refractivity contribution in [1.82, 2.24) is 0 Å². The van der Waals surface area contributed by atoms with Gasteiger partial charge in [0.2, 0.25) is 0 Å². The molecule has 12 heteroatoms. The molecular weight excluding hydrogens is 780 g/mol. The summed E-state index contributed by atoms with van der Waals surface area (Å²) in [5, 5.41) is 0. The maximum absolute atomic E-state index is 14.4. The lowest BCUT2D eigenvalue weighted by atomic mass is 9.88. The van der Waals surface area contributed by atoms with Crippen LogP contribution in [-0.4, -0.2) is 35.5 Å². The van der Waals surface area contributed by atoms with Crippen LogP contribution in [0.25, 0.3) is 0 Å². The second-order valence-electron chi connectivity index (χ2n) is 17.2. The van der Waals surface area contributed by atoms with Crippen molar-refractivity contribution in [3.63, 3.8) is 0 Å². The minimum Gasteiger partial charge on any atom is -0.200 e. The van der Waals surface area contributed by atoms with E-state index < -0.39 is 61.2 Å². The molecule has 0 saturated heterocycles. The molecule has 0 aromatic heterocycles. The summed E-state index contributed by atoms with van der Waals surface area (Å²) in [6.45, 7) is 4.39. The predicted octanol–water partition coefficient (Wildman–Crippen LogP) is 19.7. The molecule has 0 rings (SSSR count). The van der Waals surface area contributed by atoms with Crippen LogP contribution in [0.15, 0.2) is 0 Å². The summed E-state index contributed by atoms with van der Waals surface area (Å²) in [7, 11) is 0. The van der Waals surface area contributed by atoms with Crippen LogP contribution < -0.4 is 0 Å². The number of rotatable bonds is 43. The average Bonchev–Trinajstić information content (AvgIpc) is 3.16. The molecule has 0 spiro atoms. The third-order valence-electron chi connectivity index (χ3n) is 11.8. The average molecular weight is 863 g/mol. The first-order chi connectivity index (χ1) is 27.4. The van der Waals surface area contributed by atoms with Crippen molar-refractivity contribution in [2.45, 2.75) is 293 Å². The van der Waals surface area contributed by atoms with E-state index in [1.807, 2.05) is 0 Å². The summed E-state index contributed by atoms with van der Waals surface area (Å²) in [6.07, 6.45) is 28.2. The third-order valence-corrected chi connectivity index (χ3v) is 11.8. The molecule has 0 amide bonds. The van der Waals surface area contributed by atoms with Gasteiger partial charge in [0.05, 0.1) is 0 Å². The Balaban J connectivity index is 4.40. The summed E-state index contributed by atoms with van der Waals surface area (Å²) in [5.74, 6) is -40.6. The lowest BCUT2D eigenvalue weighted by molar-refractivity contribution is -0.425. The van der Waals surface area contributed by atoms with E-state index in [9.17, 15) is 52.7 Å². The molecule has 0 bridgehead atoms. The molecule has 0 saturated carbocycles. The molecule has 0 atom stereocenters. The fourth-order valence-corrected chi connectivity index (χ4v) is 7.67. The fourth-order valence-electron chi connectivity index (χ4n) is 7.67. The van der Waals surface area contributed by atoms with E-state index in [4.69, 9.17) is 0 Å². The number of hydrogen-bond donors (Lipinski definition) is 0. The van der Waals surface area contributed by atoms with Crippen molar-refractivity contribution in [1.29, 1.82) is 0 Å². The minimum atomic E-state index is -7.46. The van der Waals surface area contributed by atoms with Crippen LogP contribution in [0.4, 0.5) is 52.7 Å². The van der Waals surface area contributed by atoms with Crippen molar-refractivity contribution in [3.8, 4) is 0 Å². The normalized spacial score (nSPS) is 13.6.